The maximum Gasteiger partial charge on any atom is 0.328 e. The van der Waals surface area contributed by atoms with Crippen LogP contribution in [0.5, 0.6) is 0 Å². The van der Waals surface area contributed by atoms with E-state index < -0.39 is 10.8 Å². The molecule has 0 saturated heterocycles. The molecule has 0 rings (SSSR count). The van der Waals surface area contributed by atoms with Crippen LogP contribution >= 0.6 is 0 Å². The molecule has 0 aliphatic heterocycles. The number of hydrogen-bond acceptors (Lipinski definition) is 4. The fraction of sp³-hybridized carbons (Fsp3) is 0. The first-order chi connectivity index (χ1) is 2.27. The molecule has 0 heterocycles. The van der Waals surface area contributed by atoms with Crippen LogP contribution in [-0.4, -0.2) is 5.26 Å². The maximum atomic E-state index is 8.86. The minimum atomic E-state index is -2.49. The van der Waals surface area contributed by atoms with Crippen molar-refractivity contribution in [2.45, 2.75) is 0 Å². The van der Waals surface area contributed by atoms with E-state index in [1.54, 1.807) is 0 Å². The first-order valence-electron chi connectivity index (χ1n) is 0.645. The quantitative estimate of drug-likeness (QED) is 0.431. The summed E-state index contributed by atoms with van der Waals surface area (Å²) in [5.74, 6) is 0. The van der Waals surface area contributed by atoms with Crippen LogP contribution in [-0.2, 0) is 25.5 Å². The summed E-state index contributed by atoms with van der Waals surface area (Å²) in [4.78, 5) is 0. The molecule has 42 valence electrons. The van der Waals surface area contributed by atoms with Gasteiger partial charge in [-0.1, -0.05) is 0 Å². The minimum Gasteiger partial charge on any atom is -0.318 e. The van der Waals surface area contributed by atoms with Gasteiger partial charge in [-0.3, -0.25) is 0 Å². The van der Waals surface area contributed by atoms with Gasteiger partial charge in [-0.2, -0.15) is 5.26 Å². The molecule has 0 aromatic heterocycles. The van der Waals surface area contributed by atoms with Gasteiger partial charge in [-0.15, -0.1) is 0 Å². The second kappa shape index (κ2) is 5.82. The van der Waals surface area contributed by atoms with Gasteiger partial charge in [0.15, 0.2) is 4.44 Å². The van der Waals surface area contributed by atoms with Gasteiger partial charge in [0, 0.05) is 21.1 Å². The Labute approximate surface area is 51.3 Å². The first-order valence-corrected chi connectivity index (χ1v) is 1.57. The van der Waals surface area contributed by atoms with E-state index in [2.05, 4.69) is 4.44 Å². The molecule has 0 spiro atoms. The van der Waals surface area contributed by atoms with Crippen LogP contribution in [0.1, 0.15) is 0 Å². The Morgan fingerprint density at radius 3 is 1.67 bits per heavy atom. The average Bonchev–Trinajstić information content (AvgIpc) is 1.38. The molecule has 0 aromatic rings. The van der Waals surface area contributed by atoms with Crippen molar-refractivity contribution in [2.24, 2.45) is 0 Å². The largest absolute Gasteiger partial charge is 0.328 e. The van der Waals surface area contributed by atoms with Gasteiger partial charge in [-0.25, -0.2) is 0 Å². The molecule has 0 atom stereocenters. The Balaban J connectivity index is 0. The molecule has 0 unspecified atom stereocenters. The predicted octanol–water partition coefficient (Wildman–Crippen LogP) is -2.44. The van der Waals surface area contributed by atoms with Gasteiger partial charge in [0.1, 0.15) is 0 Å². The van der Waals surface area contributed by atoms with E-state index >= 15 is 0 Å². The number of hydrogen-bond donors (Lipinski definition) is 1. The Morgan fingerprint density at radius 1 is 1.50 bits per heavy atom. The first kappa shape index (κ1) is 9.94. The van der Waals surface area contributed by atoms with E-state index in [9.17, 15) is 0 Å². The summed E-state index contributed by atoms with van der Waals surface area (Å²) in [5.41, 5.74) is 0. The van der Waals surface area contributed by atoms with E-state index in [1.807, 2.05) is 0 Å². The molecule has 6 heavy (non-hydrogen) atoms. The van der Waals surface area contributed by atoms with Crippen LogP contribution in [0.2, 0.25) is 0 Å². The van der Waals surface area contributed by atoms with Crippen molar-refractivity contribution in [3.8, 4) is 0 Å². The summed E-state index contributed by atoms with van der Waals surface area (Å²) in [6.07, 6.45) is 0. The zero-order valence-electron chi connectivity index (χ0n) is 2.37. The summed E-state index contributed by atoms with van der Waals surface area (Å²) in [6.45, 7) is 0. The van der Waals surface area contributed by atoms with Gasteiger partial charge >= 0.3 is 10.8 Å². The van der Waals surface area contributed by atoms with Gasteiger partial charge < -0.3 is 9.32 Å². The summed E-state index contributed by atoms with van der Waals surface area (Å²) >= 11 is 0. The standard InChI is InChI=1S/ClHO4.Pt/c2-1(3)5-4;/h4H;. The Bertz CT molecular complexity index is 21.5. The van der Waals surface area contributed by atoms with Crippen molar-refractivity contribution in [3.05, 3.63) is 0 Å². The fourth-order valence-electron chi connectivity index (χ4n) is 0. The minimum absolute atomic E-state index is 0. The van der Waals surface area contributed by atoms with Gasteiger partial charge in [-0.05, 0) is 0 Å². The van der Waals surface area contributed by atoms with Crippen LogP contribution in [0.25, 0.3) is 0 Å². The fourth-order valence-corrected chi connectivity index (χ4v) is 0. The molecular formula is HClO4Pt. The van der Waals surface area contributed by atoms with E-state index in [0.717, 1.165) is 0 Å². The van der Waals surface area contributed by atoms with Crippen molar-refractivity contribution in [2.75, 3.05) is 0 Å². The van der Waals surface area contributed by atoms with Gasteiger partial charge in [0.2, 0.25) is 0 Å². The summed E-state index contributed by atoms with van der Waals surface area (Å²) in [7, 11) is -2.49. The zero-order chi connectivity index (χ0) is 4.28. The molecule has 0 bridgehead atoms. The molecule has 1 N–H and O–H groups in total. The number of halogens is 1. The predicted molar refractivity (Wildman–Crippen MR) is 3.71 cm³/mol. The van der Waals surface area contributed by atoms with E-state index in [-0.39, 0.29) is 21.1 Å². The third-order valence-electron chi connectivity index (χ3n) is 0.0563. The molecule has 0 aliphatic carbocycles. The Hall–Kier alpha value is 0.818. The molecule has 0 aliphatic rings. The molecule has 0 radical (unpaired) electrons. The zero-order valence-corrected chi connectivity index (χ0v) is 5.39. The molecular weight excluding hydrogens is 295 g/mol. The number of rotatable bonds is 1. The van der Waals surface area contributed by atoms with Crippen molar-refractivity contribution in [1.82, 2.24) is 0 Å². The van der Waals surface area contributed by atoms with Crippen LogP contribution in [0.3, 0.4) is 0 Å². The van der Waals surface area contributed by atoms with Crippen LogP contribution in [0.4, 0.5) is 0 Å². The van der Waals surface area contributed by atoms with E-state index in [4.69, 9.17) is 14.6 Å². The van der Waals surface area contributed by atoms with E-state index in [1.165, 1.54) is 0 Å². The second-order valence-corrected chi connectivity index (χ2v) is 0.774. The summed E-state index contributed by atoms with van der Waals surface area (Å²) in [5, 5.41) is 7.01. The monoisotopic (exact) mass is 295 g/mol. The van der Waals surface area contributed by atoms with Crippen molar-refractivity contribution in [1.29, 1.82) is 0 Å². The maximum absolute atomic E-state index is 8.86. The van der Waals surface area contributed by atoms with Crippen molar-refractivity contribution < 1.29 is 50.9 Å². The SMILES string of the molecule is [O-][Cl+2]([O-])OO.[Pt]. The third-order valence-corrected chi connectivity index (χ3v) is 0.169. The molecule has 0 aromatic carbocycles. The normalized spacial score (nSPS) is 8.00. The average molecular weight is 296 g/mol. The second-order valence-electron chi connectivity index (χ2n) is 0.258. The molecule has 6 heteroatoms. The van der Waals surface area contributed by atoms with Crippen molar-refractivity contribution in [3.63, 3.8) is 0 Å². The van der Waals surface area contributed by atoms with Crippen molar-refractivity contribution >= 4 is 0 Å². The third kappa shape index (κ3) is 8.84. The van der Waals surface area contributed by atoms with Crippen LogP contribution in [0, 0.1) is 10.8 Å². The molecule has 0 amide bonds. The van der Waals surface area contributed by atoms with Crippen LogP contribution < -0.4 is 9.32 Å². The smallest absolute Gasteiger partial charge is 0.318 e. The Kier molecular flexibility index (Phi) is 9.64. The summed E-state index contributed by atoms with van der Waals surface area (Å²) in [6, 6.07) is 0. The molecule has 4 nitrogen and oxygen atoms in total. The van der Waals surface area contributed by atoms with Crippen LogP contribution in [0.15, 0.2) is 0 Å². The van der Waals surface area contributed by atoms with Gasteiger partial charge in [0.25, 0.3) is 0 Å². The molecule has 0 fully saturated rings. The molecule has 0 saturated carbocycles. The van der Waals surface area contributed by atoms with Gasteiger partial charge in [0.05, 0.1) is 0 Å². The van der Waals surface area contributed by atoms with E-state index in [0.29, 0.717) is 0 Å². The Morgan fingerprint density at radius 2 is 1.67 bits per heavy atom. The summed E-state index contributed by atoms with van der Waals surface area (Å²) < 4.78 is 20.3. The topological polar surface area (TPSA) is 75.6 Å².